The standard InChI is InChI=1S/C36H49BN4O6S/c1-7-8-9-24-10-14-26(15-11-24)33(42)40-29(22-39-48(44,45)28-16-12-25(21-38)13-17-28)34(43)41-32(18-23(2)3)37-46-31-20-27-19-30(35(27,4)5)36(31,6)47-37/h10-17,23,27,29-32,39H,7-9,18-20,22H2,1-6H3,(H,40,42)(H,41,43)/t27-,29+,30-,31-,32+,36+/m1/s1. The van der Waals surface area contributed by atoms with E-state index in [2.05, 4.69) is 56.9 Å². The van der Waals surface area contributed by atoms with E-state index in [1.165, 1.54) is 24.3 Å². The first-order valence-electron chi connectivity index (χ1n) is 17.2. The van der Waals surface area contributed by atoms with Crippen molar-refractivity contribution in [3.05, 3.63) is 65.2 Å². The molecule has 3 saturated carbocycles. The molecule has 2 amide bonds. The van der Waals surface area contributed by atoms with Crippen LogP contribution in [0.2, 0.25) is 0 Å². The highest BCUT2D eigenvalue weighted by Gasteiger charge is 2.68. The summed E-state index contributed by atoms with van der Waals surface area (Å²) in [5.41, 5.74) is 1.50. The molecule has 0 spiro atoms. The molecule has 1 heterocycles. The molecule has 6 atom stereocenters. The molecule has 3 aliphatic carbocycles. The minimum absolute atomic E-state index is 0.0581. The second kappa shape index (κ2) is 14.3. The van der Waals surface area contributed by atoms with Crippen molar-refractivity contribution in [1.29, 1.82) is 5.26 Å². The fourth-order valence-corrected chi connectivity index (χ4v) is 8.79. The van der Waals surface area contributed by atoms with Crippen LogP contribution in [0, 0.1) is 34.5 Å². The van der Waals surface area contributed by atoms with Gasteiger partial charge in [0, 0.05) is 12.1 Å². The van der Waals surface area contributed by atoms with E-state index in [4.69, 9.17) is 14.6 Å². The lowest BCUT2D eigenvalue weighted by Gasteiger charge is -2.64. The molecule has 0 radical (unpaired) electrons. The number of nitrogens with one attached hydrogen (secondary N) is 3. The Morgan fingerprint density at radius 3 is 2.33 bits per heavy atom. The first-order valence-corrected chi connectivity index (χ1v) is 18.7. The number of benzene rings is 2. The Labute approximate surface area is 285 Å². The number of sulfonamides is 1. The molecule has 10 nitrogen and oxygen atoms in total. The van der Waals surface area contributed by atoms with Crippen LogP contribution in [-0.2, 0) is 30.5 Å². The molecule has 12 heteroatoms. The molecule has 48 heavy (non-hydrogen) atoms. The van der Waals surface area contributed by atoms with Crippen molar-refractivity contribution < 1.29 is 27.3 Å². The molecule has 4 aliphatic rings. The van der Waals surface area contributed by atoms with Crippen molar-refractivity contribution in [2.24, 2.45) is 23.2 Å². The lowest BCUT2D eigenvalue weighted by Crippen LogP contribution is -2.65. The van der Waals surface area contributed by atoms with Gasteiger partial charge in [-0.05, 0) is 104 Å². The third-order valence-electron chi connectivity index (χ3n) is 10.8. The van der Waals surface area contributed by atoms with Gasteiger partial charge in [-0.2, -0.15) is 5.26 Å². The van der Waals surface area contributed by atoms with Gasteiger partial charge in [-0.3, -0.25) is 9.59 Å². The van der Waals surface area contributed by atoms with Gasteiger partial charge >= 0.3 is 7.12 Å². The van der Waals surface area contributed by atoms with Crippen LogP contribution in [-0.4, -0.2) is 57.6 Å². The predicted octanol–water partition coefficient (Wildman–Crippen LogP) is 4.78. The largest absolute Gasteiger partial charge is 0.481 e. The van der Waals surface area contributed by atoms with Gasteiger partial charge in [-0.25, -0.2) is 13.1 Å². The number of unbranched alkanes of at least 4 members (excludes halogenated alkanes) is 1. The van der Waals surface area contributed by atoms with Gasteiger partial charge in [-0.1, -0.05) is 53.2 Å². The number of hydrogen-bond donors (Lipinski definition) is 3. The number of rotatable bonds is 14. The van der Waals surface area contributed by atoms with E-state index in [1.54, 1.807) is 12.1 Å². The Morgan fingerprint density at radius 2 is 1.73 bits per heavy atom. The number of carbonyl (C=O) groups is 2. The summed E-state index contributed by atoms with van der Waals surface area (Å²) >= 11 is 0. The summed E-state index contributed by atoms with van der Waals surface area (Å²) in [6.07, 6.45) is 5.51. The highest BCUT2D eigenvalue weighted by molar-refractivity contribution is 7.89. The molecule has 1 saturated heterocycles. The lowest BCUT2D eigenvalue weighted by molar-refractivity contribution is -0.199. The Kier molecular flexibility index (Phi) is 10.8. The SMILES string of the molecule is CCCCc1ccc(C(=O)N[C@@H](CNS(=O)(=O)c2ccc(C#N)cc2)C(=O)N[C@@H](CC(C)C)B2O[C@@H]3C[C@H]4C[C@H](C4(C)C)[C@]3(C)O2)cc1. The third kappa shape index (κ3) is 7.49. The van der Waals surface area contributed by atoms with E-state index in [0.717, 1.165) is 37.7 Å². The average molecular weight is 677 g/mol. The summed E-state index contributed by atoms with van der Waals surface area (Å²) in [5.74, 6) is -0.446. The molecule has 0 aromatic heterocycles. The van der Waals surface area contributed by atoms with Gasteiger partial charge in [0.25, 0.3) is 5.91 Å². The third-order valence-corrected chi connectivity index (χ3v) is 12.2. The van der Waals surface area contributed by atoms with E-state index in [-0.39, 0.29) is 22.3 Å². The lowest BCUT2D eigenvalue weighted by atomic mass is 9.43. The molecule has 4 fully saturated rings. The highest BCUT2D eigenvalue weighted by Crippen LogP contribution is 2.65. The number of nitrogens with zero attached hydrogens (tertiary/aromatic N) is 1. The number of nitriles is 1. The molecule has 258 valence electrons. The second-order valence-corrected chi connectivity index (χ2v) is 16.7. The van der Waals surface area contributed by atoms with Crippen LogP contribution in [0.15, 0.2) is 53.4 Å². The Balaban J connectivity index is 1.34. The Hall–Kier alpha value is -3.24. The quantitative estimate of drug-likeness (QED) is 0.244. The van der Waals surface area contributed by atoms with Crippen LogP contribution in [0.25, 0.3) is 0 Å². The number of amides is 2. The van der Waals surface area contributed by atoms with Gasteiger partial charge in [0.1, 0.15) is 6.04 Å². The maximum absolute atomic E-state index is 14.0. The number of carbonyl (C=O) groups excluding carboxylic acids is 2. The molecule has 2 aromatic rings. The van der Waals surface area contributed by atoms with E-state index in [1.807, 2.05) is 18.2 Å². The topological polar surface area (TPSA) is 147 Å². The molecular weight excluding hydrogens is 627 g/mol. The second-order valence-electron chi connectivity index (χ2n) is 14.9. The van der Waals surface area contributed by atoms with Crippen LogP contribution in [0.4, 0.5) is 0 Å². The smallest absolute Gasteiger partial charge is 0.404 e. The summed E-state index contributed by atoms with van der Waals surface area (Å²) in [7, 11) is -4.74. The van der Waals surface area contributed by atoms with Gasteiger partial charge < -0.3 is 19.9 Å². The molecule has 6 rings (SSSR count). The van der Waals surface area contributed by atoms with Crippen molar-refractivity contribution >= 4 is 29.0 Å². The number of hydrogen-bond acceptors (Lipinski definition) is 7. The van der Waals surface area contributed by atoms with Crippen LogP contribution in [0.5, 0.6) is 0 Å². The molecule has 1 aliphatic heterocycles. The van der Waals surface area contributed by atoms with Crippen molar-refractivity contribution in [2.45, 2.75) is 109 Å². The predicted molar refractivity (Wildman–Crippen MR) is 184 cm³/mol. The monoisotopic (exact) mass is 676 g/mol. The van der Waals surface area contributed by atoms with E-state index in [0.29, 0.717) is 29.4 Å². The van der Waals surface area contributed by atoms with Gasteiger partial charge in [-0.15, -0.1) is 0 Å². The van der Waals surface area contributed by atoms with Crippen LogP contribution < -0.4 is 15.4 Å². The molecule has 0 unspecified atom stereocenters. The Morgan fingerprint density at radius 1 is 1.04 bits per heavy atom. The summed E-state index contributed by atoms with van der Waals surface area (Å²) < 4.78 is 42.1. The van der Waals surface area contributed by atoms with Crippen LogP contribution in [0.1, 0.15) is 95.1 Å². The van der Waals surface area contributed by atoms with Crippen molar-refractivity contribution in [2.75, 3.05) is 6.54 Å². The fourth-order valence-electron chi connectivity index (χ4n) is 7.74. The molecular formula is C36H49BN4O6S. The zero-order chi connectivity index (χ0) is 34.9. The molecule has 2 aromatic carbocycles. The van der Waals surface area contributed by atoms with Gasteiger partial charge in [0.05, 0.1) is 34.2 Å². The summed E-state index contributed by atoms with van der Waals surface area (Å²) in [5, 5.41) is 14.9. The maximum Gasteiger partial charge on any atom is 0.481 e. The van der Waals surface area contributed by atoms with E-state index < -0.39 is 53.1 Å². The fraction of sp³-hybridized carbons (Fsp3) is 0.583. The van der Waals surface area contributed by atoms with Crippen LogP contribution in [0.3, 0.4) is 0 Å². The van der Waals surface area contributed by atoms with Crippen molar-refractivity contribution in [3.8, 4) is 6.07 Å². The van der Waals surface area contributed by atoms with E-state index in [9.17, 15) is 18.0 Å². The zero-order valence-corrected chi connectivity index (χ0v) is 29.7. The van der Waals surface area contributed by atoms with E-state index >= 15 is 0 Å². The van der Waals surface area contributed by atoms with Crippen molar-refractivity contribution in [1.82, 2.24) is 15.4 Å². The van der Waals surface area contributed by atoms with Crippen molar-refractivity contribution in [3.63, 3.8) is 0 Å². The first-order chi connectivity index (χ1) is 22.7. The average Bonchev–Trinajstić information content (AvgIpc) is 3.42. The summed E-state index contributed by atoms with van der Waals surface area (Å²) in [6.45, 7) is 12.5. The first kappa shape index (κ1) is 36.1. The molecule has 3 N–H and O–H groups in total. The van der Waals surface area contributed by atoms with Gasteiger partial charge in [0.2, 0.25) is 15.9 Å². The summed E-state index contributed by atoms with van der Waals surface area (Å²) in [6, 6.07) is 13.4. The maximum atomic E-state index is 14.0. The highest BCUT2D eigenvalue weighted by atomic mass is 32.2. The zero-order valence-electron chi connectivity index (χ0n) is 28.9. The van der Waals surface area contributed by atoms with Crippen LogP contribution >= 0.6 is 0 Å². The number of aryl methyl sites for hydroxylation is 1. The molecule has 2 bridgehead atoms. The Bertz CT molecular complexity index is 1620. The normalized spacial score (nSPS) is 25.4. The van der Waals surface area contributed by atoms with Gasteiger partial charge in [0.15, 0.2) is 0 Å². The minimum Gasteiger partial charge on any atom is -0.404 e. The summed E-state index contributed by atoms with van der Waals surface area (Å²) in [4.78, 5) is 27.4. The minimum atomic E-state index is -4.07.